The number of aromatic amines is 1. The third-order valence-electron chi connectivity index (χ3n) is 3.21. The van der Waals surface area contributed by atoms with Crippen LogP contribution in [0.5, 0.6) is 0 Å². The van der Waals surface area contributed by atoms with Gasteiger partial charge in [-0.2, -0.15) is 13.2 Å². The number of rotatable bonds is 4. The van der Waals surface area contributed by atoms with Crippen LogP contribution < -0.4 is 5.32 Å². The lowest BCUT2D eigenvalue weighted by molar-refractivity contribution is -0.137. The number of amides is 1. The molecule has 0 aliphatic heterocycles. The monoisotopic (exact) mass is 351 g/mol. The number of carbonyl (C=O) groups is 1. The fraction of sp³-hybridized carbons (Fsp3) is 0.125. The van der Waals surface area contributed by atoms with E-state index in [1.54, 1.807) is 0 Å². The summed E-state index contributed by atoms with van der Waals surface area (Å²) in [6.07, 6.45) is -4.52. The number of aromatic nitrogens is 2. The molecule has 0 radical (unpaired) electrons. The second-order valence-corrected chi connectivity index (χ2v) is 5.90. The highest BCUT2D eigenvalue weighted by molar-refractivity contribution is 7.99. The average molecular weight is 351 g/mol. The summed E-state index contributed by atoms with van der Waals surface area (Å²) < 4.78 is 38.7. The summed E-state index contributed by atoms with van der Waals surface area (Å²) in [7, 11) is 0. The second-order valence-electron chi connectivity index (χ2n) is 4.94. The van der Waals surface area contributed by atoms with Gasteiger partial charge in [-0.1, -0.05) is 36.0 Å². The van der Waals surface area contributed by atoms with E-state index in [0.29, 0.717) is 5.16 Å². The van der Waals surface area contributed by atoms with Crippen molar-refractivity contribution in [2.75, 3.05) is 11.1 Å². The minimum absolute atomic E-state index is 0.0496. The fourth-order valence-electron chi connectivity index (χ4n) is 2.16. The minimum atomic E-state index is -4.52. The quantitative estimate of drug-likeness (QED) is 0.689. The van der Waals surface area contributed by atoms with Gasteiger partial charge in [0.05, 0.1) is 28.0 Å². The highest BCUT2D eigenvalue weighted by atomic mass is 32.2. The van der Waals surface area contributed by atoms with Gasteiger partial charge in [-0.05, 0) is 24.3 Å². The molecule has 0 atom stereocenters. The average Bonchev–Trinajstić information content (AvgIpc) is 2.95. The van der Waals surface area contributed by atoms with E-state index in [-0.39, 0.29) is 11.4 Å². The Balaban J connectivity index is 1.66. The van der Waals surface area contributed by atoms with Crippen molar-refractivity contribution in [3.63, 3.8) is 0 Å². The van der Waals surface area contributed by atoms with E-state index in [1.165, 1.54) is 18.2 Å². The molecule has 0 saturated carbocycles. The number of nitrogens with zero attached hydrogens (tertiary/aromatic N) is 1. The van der Waals surface area contributed by atoms with Crippen molar-refractivity contribution in [1.29, 1.82) is 0 Å². The van der Waals surface area contributed by atoms with E-state index in [9.17, 15) is 18.0 Å². The fourth-order valence-corrected chi connectivity index (χ4v) is 2.84. The van der Waals surface area contributed by atoms with Crippen LogP contribution in [0.1, 0.15) is 5.56 Å². The maximum absolute atomic E-state index is 12.9. The molecule has 2 N–H and O–H groups in total. The number of imidazole rings is 1. The molecule has 4 nitrogen and oxygen atoms in total. The van der Waals surface area contributed by atoms with Crippen LogP contribution in [0.4, 0.5) is 18.9 Å². The maximum Gasteiger partial charge on any atom is 0.418 e. The molecule has 24 heavy (non-hydrogen) atoms. The van der Waals surface area contributed by atoms with Crippen molar-refractivity contribution in [3.05, 3.63) is 54.1 Å². The normalized spacial score (nSPS) is 11.6. The summed E-state index contributed by atoms with van der Waals surface area (Å²) in [6, 6.07) is 12.3. The zero-order valence-electron chi connectivity index (χ0n) is 12.2. The Morgan fingerprint density at radius 1 is 1.12 bits per heavy atom. The first kappa shape index (κ1) is 16.4. The molecular weight excluding hydrogens is 339 g/mol. The van der Waals surface area contributed by atoms with E-state index in [2.05, 4.69) is 15.3 Å². The molecule has 124 valence electrons. The van der Waals surface area contributed by atoms with Gasteiger partial charge in [-0.15, -0.1) is 0 Å². The molecule has 8 heteroatoms. The van der Waals surface area contributed by atoms with Crippen molar-refractivity contribution < 1.29 is 18.0 Å². The van der Waals surface area contributed by atoms with Crippen molar-refractivity contribution in [3.8, 4) is 0 Å². The molecule has 0 saturated heterocycles. The van der Waals surface area contributed by atoms with Gasteiger partial charge >= 0.3 is 6.18 Å². The Morgan fingerprint density at radius 2 is 1.83 bits per heavy atom. The van der Waals surface area contributed by atoms with Gasteiger partial charge in [0.15, 0.2) is 5.16 Å². The number of halogens is 3. The summed E-state index contributed by atoms with van der Waals surface area (Å²) in [6.45, 7) is 0. The molecule has 2 aromatic carbocycles. The van der Waals surface area contributed by atoms with Gasteiger partial charge in [0.1, 0.15) is 0 Å². The lowest BCUT2D eigenvalue weighted by atomic mass is 10.1. The van der Waals surface area contributed by atoms with Gasteiger partial charge in [-0.3, -0.25) is 4.79 Å². The molecule has 1 heterocycles. The third-order valence-corrected chi connectivity index (χ3v) is 4.09. The van der Waals surface area contributed by atoms with Crippen molar-refractivity contribution in [2.24, 2.45) is 0 Å². The minimum Gasteiger partial charge on any atom is -0.333 e. The summed E-state index contributed by atoms with van der Waals surface area (Å²) in [5.41, 5.74) is 0.484. The SMILES string of the molecule is O=C(CSc1nc2ccccc2[nH]1)Nc1ccccc1C(F)(F)F. The number of anilines is 1. The van der Waals surface area contributed by atoms with Gasteiger partial charge in [0, 0.05) is 0 Å². The third kappa shape index (κ3) is 3.70. The Bertz CT molecular complexity index is 843. The lowest BCUT2D eigenvalue weighted by Gasteiger charge is -2.13. The second kappa shape index (κ2) is 6.56. The van der Waals surface area contributed by atoms with Gasteiger partial charge < -0.3 is 10.3 Å². The maximum atomic E-state index is 12.9. The number of benzene rings is 2. The Kier molecular flexibility index (Phi) is 4.48. The van der Waals surface area contributed by atoms with Crippen LogP contribution >= 0.6 is 11.8 Å². The smallest absolute Gasteiger partial charge is 0.333 e. The predicted octanol–water partition coefficient (Wildman–Crippen LogP) is 4.31. The van der Waals surface area contributed by atoms with Crippen LogP contribution in [0.2, 0.25) is 0 Å². The van der Waals surface area contributed by atoms with Crippen LogP contribution in [0.25, 0.3) is 11.0 Å². The summed E-state index contributed by atoms with van der Waals surface area (Å²) in [5.74, 6) is -0.580. The van der Waals surface area contributed by atoms with Gasteiger partial charge in [-0.25, -0.2) is 4.98 Å². The number of para-hydroxylation sites is 3. The number of carbonyl (C=O) groups excluding carboxylic acids is 1. The van der Waals surface area contributed by atoms with Crippen LogP contribution in [-0.2, 0) is 11.0 Å². The summed E-state index contributed by atoms with van der Waals surface area (Å²) in [5, 5.41) is 2.84. The van der Waals surface area contributed by atoms with E-state index in [0.717, 1.165) is 28.9 Å². The van der Waals surface area contributed by atoms with Crippen molar-refractivity contribution >= 4 is 34.4 Å². The molecule has 0 spiro atoms. The molecule has 0 bridgehead atoms. The predicted molar refractivity (Wildman–Crippen MR) is 86.9 cm³/mol. The van der Waals surface area contributed by atoms with Crippen LogP contribution in [0.3, 0.4) is 0 Å². The highest BCUT2D eigenvalue weighted by Crippen LogP contribution is 2.34. The number of alkyl halides is 3. The van der Waals surface area contributed by atoms with Crippen molar-refractivity contribution in [1.82, 2.24) is 9.97 Å². The van der Waals surface area contributed by atoms with Crippen LogP contribution in [0.15, 0.2) is 53.7 Å². The number of hydrogen-bond donors (Lipinski definition) is 2. The molecule has 3 rings (SSSR count). The zero-order chi connectivity index (χ0) is 17.2. The van der Waals surface area contributed by atoms with Crippen LogP contribution in [-0.4, -0.2) is 21.6 Å². The molecule has 0 unspecified atom stereocenters. The number of hydrogen-bond acceptors (Lipinski definition) is 3. The highest BCUT2D eigenvalue weighted by Gasteiger charge is 2.33. The first-order valence-electron chi connectivity index (χ1n) is 6.97. The van der Waals surface area contributed by atoms with E-state index >= 15 is 0 Å². The van der Waals surface area contributed by atoms with Gasteiger partial charge in [0.2, 0.25) is 5.91 Å². The zero-order valence-corrected chi connectivity index (χ0v) is 13.0. The Morgan fingerprint density at radius 3 is 2.58 bits per heavy atom. The van der Waals surface area contributed by atoms with Crippen molar-refractivity contribution in [2.45, 2.75) is 11.3 Å². The van der Waals surface area contributed by atoms with E-state index in [1.807, 2.05) is 24.3 Å². The Labute approximate surface area is 139 Å². The molecule has 1 aromatic heterocycles. The first-order chi connectivity index (χ1) is 11.4. The number of H-pyrrole nitrogens is 1. The topological polar surface area (TPSA) is 57.8 Å². The molecule has 0 fully saturated rings. The molecule has 0 aliphatic rings. The molecule has 0 aliphatic carbocycles. The standard InChI is InChI=1S/C16H12F3N3OS/c17-16(18,19)10-5-1-2-6-11(10)20-14(23)9-24-15-21-12-7-3-4-8-13(12)22-15/h1-8H,9H2,(H,20,23)(H,21,22). The van der Waals surface area contributed by atoms with E-state index < -0.39 is 17.6 Å². The molecular formula is C16H12F3N3OS. The summed E-state index contributed by atoms with van der Waals surface area (Å²) >= 11 is 1.13. The van der Waals surface area contributed by atoms with E-state index in [4.69, 9.17) is 0 Å². The number of nitrogens with one attached hydrogen (secondary N) is 2. The lowest BCUT2D eigenvalue weighted by Crippen LogP contribution is -2.18. The number of thioether (sulfide) groups is 1. The molecule has 3 aromatic rings. The summed E-state index contributed by atoms with van der Waals surface area (Å²) in [4.78, 5) is 19.3. The van der Waals surface area contributed by atoms with Crippen LogP contribution in [0, 0.1) is 0 Å². The number of fused-ring (bicyclic) bond motifs is 1. The van der Waals surface area contributed by atoms with Gasteiger partial charge in [0.25, 0.3) is 0 Å². The Hall–Kier alpha value is -2.48. The molecule has 1 amide bonds. The first-order valence-corrected chi connectivity index (χ1v) is 7.95. The largest absolute Gasteiger partial charge is 0.418 e.